The molecule has 0 radical (unpaired) electrons. The van der Waals surface area contributed by atoms with Crippen LogP contribution in [0.2, 0.25) is 0 Å². The van der Waals surface area contributed by atoms with Gasteiger partial charge in [0.25, 0.3) is 0 Å². The Morgan fingerprint density at radius 1 is 1.29 bits per heavy atom. The molecular weight excluding hydrogens is 270 g/mol. The van der Waals surface area contributed by atoms with Gasteiger partial charge in [-0.25, -0.2) is 9.59 Å². The number of benzene rings is 1. The molecule has 0 bridgehead atoms. The summed E-state index contributed by atoms with van der Waals surface area (Å²) in [6, 6.07) is 6.91. The number of carbonyl (C=O) groups excluding carboxylic acids is 2. The number of urea groups is 1. The van der Waals surface area contributed by atoms with Gasteiger partial charge in [-0.2, -0.15) is 0 Å². The fourth-order valence-corrected chi connectivity index (χ4v) is 2.10. The second-order valence-corrected chi connectivity index (χ2v) is 4.90. The van der Waals surface area contributed by atoms with Crippen molar-refractivity contribution in [1.82, 2.24) is 5.32 Å². The van der Waals surface area contributed by atoms with Crippen molar-refractivity contribution >= 4 is 23.5 Å². The maximum atomic E-state index is 11.7. The lowest BCUT2D eigenvalue weighted by Gasteiger charge is -2.13. The standard InChI is InChI=1S/C15H21N3O3/c1-2-3-4-9-16-14(19)17-12-5-7-13(8-6-12)18-10-11-21-15(18)20/h5-8H,2-4,9-11H2,1H3,(H2,16,17,19). The Morgan fingerprint density at radius 2 is 2.05 bits per heavy atom. The minimum absolute atomic E-state index is 0.209. The molecule has 21 heavy (non-hydrogen) atoms. The Kier molecular flexibility index (Phi) is 5.43. The van der Waals surface area contributed by atoms with Gasteiger partial charge in [0.2, 0.25) is 0 Å². The molecule has 0 unspecified atom stereocenters. The van der Waals surface area contributed by atoms with Gasteiger partial charge in [0.05, 0.1) is 6.54 Å². The first-order valence-electron chi connectivity index (χ1n) is 7.30. The van der Waals surface area contributed by atoms with Crippen molar-refractivity contribution in [2.24, 2.45) is 0 Å². The predicted octanol–water partition coefficient (Wildman–Crippen LogP) is 2.95. The van der Waals surface area contributed by atoms with Crippen molar-refractivity contribution in [2.75, 3.05) is 29.9 Å². The highest BCUT2D eigenvalue weighted by Crippen LogP contribution is 2.20. The minimum Gasteiger partial charge on any atom is -0.447 e. The van der Waals surface area contributed by atoms with Crippen molar-refractivity contribution in [2.45, 2.75) is 26.2 Å². The lowest BCUT2D eigenvalue weighted by molar-refractivity contribution is 0.181. The highest BCUT2D eigenvalue weighted by atomic mass is 16.6. The number of hydrogen-bond acceptors (Lipinski definition) is 3. The molecule has 6 nitrogen and oxygen atoms in total. The third-order valence-electron chi connectivity index (χ3n) is 3.26. The van der Waals surface area contributed by atoms with E-state index in [2.05, 4.69) is 17.6 Å². The maximum absolute atomic E-state index is 11.7. The zero-order valence-electron chi connectivity index (χ0n) is 12.2. The summed E-state index contributed by atoms with van der Waals surface area (Å²) < 4.78 is 4.89. The van der Waals surface area contributed by atoms with Crippen LogP contribution in [0.3, 0.4) is 0 Å². The Morgan fingerprint density at radius 3 is 2.67 bits per heavy atom. The number of hydrogen-bond donors (Lipinski definition) is 2. The summed E-state index contributed by atoms with van der Waals surface area (Å²) in [6.07, 6.45) is 2.90. The van der Waals surface area contributed by atoms with E-state index in [-0.39, 0.29) is 12.1 Å². The van der Waals surface area contributed by atoms with Crippen LogP contribution in [-0.4, -0.2) is 31.8 Å². The maximum Gasteiger partial charge on any atom is 0.414 e. The molecular formula is C15H21N3O3. The third-order valence-corrected chi connectivity index (χ3v) is 3.26. The second kappa shape index (κ2) is 7.52. The zero-order valence-corrected chi connectivity index (χ0v) is 12.2. The van der Waals surface area contributed by atoms with Gasteiger partial charge < -0.3 is 15.4 Å². The number of nitrogens with zero attached hydrogens (tertiary/aromatic N) is 1. The molecule has 1 heterocycles. The van der Waals surface area contributed by atoms with Gasteiger partial charge in [-0.1, -0.05) is 19.8 Å². The number of rotatable bonds is 6. The average molecular weight is 291 g/mol. The van der Waals surface area contributed by atoms with Gasteiger partial charge in [-0.15, -0.1) is 0 Å². The largest absolute Gasteiger partial charge is 0.447 e. The molecule has 2 rings (SSSR count). The van der Waals surface area contributed by atoms with E-state index < -0.39 is 0 Å². The smallest absolute Gasteiger partial charge is 0.414 e. The first kappa shape index (κ1) is 15.2. The zero-order chi connectivity index (χ0) is 15.1. The molecule has 0 atom stereocenters. The van der Waals surface area contributed by atoms with E-state index in [1.165, 1.54) is 0 Å². The molecule has 1 aromatic carbocycles. The Bertz CT molecular complexity index is 487. The van der Waals surface area contributed by atoms with E-state index in [0.717, 1.165) is 24.9 Å². The van der Waals surface area contributed by atoms with E-state index in [9.17, 15) is 9.59 Å². The molecule has 0 spiro atoms. The van der Waals surface area contributed by atoms with E-state index in [4.69, 9.17) is 4.74 Å². The Hall–Kier alpha value is -2.24. The Labute approximate surface area is 124 Å². The van der Waals surface area contributed by atoms with Crippen LogP contribution in [0.4, 0.5) is 21.0 Å². The number of cyclic esters (lactones) is 1. The molecule has 0 aromatic heterocycles. The summed E-state index contributed by atoms with van der Waals surface area (Å²) in [5.74, 6) is 0. The molecule has 1 aliphatic heterocycles. The summed E-state index contributed by atoms with van der Waals surface area (Å²) >= 11 is 0. The third kappa shape index (κ3) is 4.37. The van der Waals surface area contributed by atoms with Crippen LogP contribution in [0.1, 0.15) is 26.2 Å². The normalized spacial score (nSPS) is 14.0. The van der Waals surface area contributed by atoms with Gasteiger partial charge in [-0.3, -0.25) is 4.90 Å². The lowest BCUT2D eigenvalue weighted by atomic mass is 10.2. The molecule has 114 valence electrons. The molecule has 0 saturated carbocycles. The average Bonchev–Trinajstić information content (AvgIpc) is 2.91. The van der Waals surface area contributed by atoms with Crippen LogP contribution in [-0.2, 0) is 4.74 Å². The lowest BCUT2D eigenvalue weighted by Crippen LogP contribution is -2.29. The number of ether oxygens (including phenoxy) is 1. The molecule has 1 aromatic rings. The van der Waals surface area contributed by atoms with E-state index in [1.807, 2.05) is 0 Å². The summed E-state index contributed by atoms with van der Waals surface area (Å²) in [5.41, 5.74) is 1.46. The summed E-state index contributed by atoms with van der Waals surface area (Å²) in [6.45, 7) is 3.78. The van der Waals surface area contributed by atoms with E-state index >= 15 is 0 Å². The van der Waals surface area contributed by atoms with Crippen molar-refractivity contribution < 1.29 is 14.3 Å². The van der Waals surface area contributed by atoms with Gasteiger partial charge in [0.1, 0.15) is 6.61 Å². The van der Waals surface area contributed by atoms with E-state index in [0.29, 0.717) is 25.4 Å². The second-order valence-electron chi connectivity index (χ2n) is 4.90. The number of amides is 3. The summed E-state index contributed by atoms with van der Waals surface area (Å²) in [4.78, 5) is 24.7. The first-order chi connectivity index (χ1) is 10.2. The van der Waals surface area contributed by atoms with E-state index in [1.54, 1.807) is 29.2 Å². The summed E-state index contributed by atoms with van der Waals surface area (Å²) in [5, 5.41) is 5.57. The number of unbranched alkanes of at least 4 members (excludes halogenated alkanes) is 2. The highest BCUT2D eigenvalue weighted by molar-refractivity contribution is 5.91. The van der Waals surface area contributed by atoms with Crippen LogP contribution in [0.5, 0.6) is 0 Å². The van der Waals surface area contributed by atoms with Crippen LogP contribution in [0.25, 0.3) is 0 Å². The quantitative estimate of drug-likeness (QED) is 0.792. The molecule has 0 aliphatic carbocycles. The molecule has 1 fully saturated rings. The van der Waals surface area contributed by atoms with Crippen LogP contribution < -0.4 is 15.5 Å². The predicted molar refractivity (Wildman–Crippen MR) is 81.7 cm³/mol. The van der Waals surface area contributed by atoms with Gasteiger partial charge in [0, 0.05) is 17.9 Å². The fraction of sp³-hybridized carbons (Fsp3) is 0.467. The van der Waals surface area contributed by atoms with Crippen molar-refractivity contribution in [1.29, 1.82) is 0 Å². The van der Waals surface area contributed by atoms with Gasteiger partial charge in [-0.05, 0) is 30.7 Å². The molecule has 1 saturated heterocycles. The molecule has 6 heteroatoms. The minimum atomic E-state index is -0.329. The number of anilines is 2. The molecule has 1 aliphatic rings. The van der Waals surface area contributed by atoms with Crippen molar-refractivity contribution in [3.05, 3.63) is 24.3 Å². The molecule has 2 N–H and O–H groups in total. The SMILES string of the molecule is CCCCCNC(=O)Nc1ccc(N2CCOC2=O)cc1. The number of carbonyl (C=O) groups is 2. The highest BCUT2D eigenvalue weighted by Gasteiger charge is 2.23. The van der Waals surface area contributed by atoms with Crippen LogP contribution in [0, 0.1) is 0 Å². The van der Waals surface area contributed by atoms with Crippen LogP contribution in [0.15, 0.2) is 24.3 Å². The Balaban J connectivity index is 1.82. The van der Waals surface area contributed by atoms with Crippen LogP contribution >= 0.6 is 0 Å². The topological polar surface area (TPSA) is 70.7 Å². The van der Waals surface area contributed by atoms with Gasteiger partial charge >= 0.3 is 12.1 Å². The molecule has 3 amide bonds. The number of nitrogens with one attached hydrogen (secondary N) is 2. The first-order valence-corrected chi connectivity index (χ1v) is 7.30. The van der Waals surface area contributed by atoms with Crippen molar-refractivity contribution in [3.8, 4) is 0 Å². The van der Waals surface area contributed by atoms with Gasteiger partial charge in [0.15, 0.2) is 0 Å². The summed E-state index contributed by atoms with van der Waals surface area (Å²) in [7, 11) is 0. The van der Waals surface area contributed by atoms with Crippen molar-refractivity contribution in [3.63, 3.8) is 0 Å². The monoisotopic (exact) mass is 291 g/mol. The fourth-order valence-electron chi connectivity index (χ4n) is 2.10.